The average Bonchev–Trinajstić information content (AvgIpc) is 2.38. The Labute approximate surface area is 111 Å². The van der Waals surface area contributed by atoms with E-state index in [-0.39, 0.29) is 0 Å². The summed E-state index contributed by atoms with van der Waals surface area (Å²) in [5.41, 5.74) is 1.44. The summed E-state index contributed by atoms with van der Waals surface area (Å²) in [5.74, 6) is 0. The van der Waals surface area contributed by atoms with Gasteiger partial charge in [-0.25, -0.2) is 0 Å². The molecule has 0 amide bonds. The van der Waals surface area contributed by atoms with Crippen molar-refractivity contribution in [2.24, 2.45) is 0 Å². The van der Waals surface area contributed by atoms with E-state index in [2.05, 4.69) is 49.5 Å². The molecule has 0 spiro atoms. The zero-order valence-corrected chi connectivity index (χ0v) is 11.6. The first-order valence-electron chi connectivity index (χ1n) is 7.15. The first kappa shape index (κ1) is 13.6. The molecule has 0 saturated carbocycles. The van der Waals surface area contributed by atoms with Crippen molar-refractivity contribution in [2.75, 3.05) is 6.61 Å². The second kappa shape index (κ2) is 6.91. The van der Waals surface area contributed by atoms with Gasteiger partial charge in [-0.15, -0.1) is 0 Å². The lowest BCUT2D eigenvalue weighted by molar-refractivity contribution is 0.0115. The summed E-state index contributed by atoms with van der Waals surface area (Å²) >= 11 is 0. The Morgan fingerprint density at radius 1 is 1.33 bits per heavy atom. The molecule has 3 unspecified atom stereocenters. The fraction of sp³-hybridized carbons (Fsp3) is 0.625. The number of benzene rings is 1. The lowest BCUT2D eigenvalue weighted by Gasteiger charge is -2.30. The zero-order chi connectivity index (χ0) is 12.8. The van der Waals surface area contributed by atoms with Gasteiger partial charge >= 0.3 is 0 Å². The van der Waals surface area contributed by atoms with Crippen molar-refractivity contribution in [2.45, 2.75) is 57.7 Å². The van der Waals surface area contributed by atoms with Gasteiger partial charge in [0, 0.05) is 18.7 Å². The van der Waals surface area contributed by atoms with E-state index in [4.69, 9.17) is 4.74 Å². The number of aryl methyl sites for hydroxylation is 1. The second-order valence-electron chi connectivity index (χ2n) is 5.49. The molecule has 100 valence electrons. The van der Waals surface area contributed by atoms with Gasteiger partial charge in [0.1, 0.15) is 0 Å². The van der Waals surface area contributed by atoms with Gasteiger partial charge in [-0.3, -0.25) is 0 Å². The van der Waals surface area contributed by atoms with Crippen LogP contribution in [0.15, 0.2) is 30.3 Å². The molecule has 1 aromatic carbocycles. The maximum Gasteiger partial charge on any atom is 0.0561 e. The van der Waals surface area contributed by atoms with Crippen molar-refractivity contribution in [1.82, 2.24) is 5.32 Å². The van der Waals surface area contributed by atoms with Gasteiger partial charge in [0.05, 0.1) is 6.10 Å². The van der Waals surface area contributed by atoms with Crippen LogP contribution in [0, 0.1) is 0 Å². The number of hydrogen-bond donors (Lipinski definition) is 1. The minimum atomic E-state index is 0.414. The van der Waals surface area contributed by atoms with E-state index in [1.807, 2.05) is 0 Å². The Bertz CT molecular complexity index is 338. The predicted octanol–water partition coefficient (Wildman–Crippen LogP) is 3.16. The average molecular weight is 247 g/mol. The van der Waals surface area contributed by atoms with E-state index >= 15 is 0 Å². The molecule has 0 aromatic heterocycles. The summed E-state index contributed by atoms with van der Waals surface area (Å²) in [6.45, 7) is 5.37. The van der Waals surface area contributed by atoms with Crippen LogP contribution < -0.4 is 5.32 Å². The number of rotatable bonds is 5. The molecule has 1 heterocycles. The summed E-state index contributed by atoms with van der Waals surface area (Å²) in [6.07, 6.45) is 5.08. The highest BCUT2D eigenvalue weighted by Crippen LogP contribution is 2.14. The van der Waals surface area contributed by atoms with Gasteiger partial charge in [0.15, 0.2) is 0 Å². The normalized spacial score (nSPS) is 25.9. The molecule has 1 aromatic rings. The second-order valence-corrected chi connectivity index (χ2v) is 5.49. The quantitative estimate of drug-likeness (QED) is 0.863. The van der Waals surface area contributed by atoms with Gasteiger partial charge in [-0.1, -0.05) is 30.3 Å². The van der Waals surface area contributed by atoms with E-state index in [1.165, 1.54) is 12.0 Å². The van der Waals surface area contributed by atoms with Gasteiger partial charge in [-0.2, -0.15) is 0 Å². The molecule has 2 rings (SSSR count). The zero-order valence-electron chi connectivity index (χ0n) is 11.6. The Morgan fingerprint density at radius 2 is 2.11 bits per heavy atom. The monoisotopic (exact) mass is 247 g/mol. The van der Waals surface area contributed by atoms with Crippen LogP contribution in [0.25, 0.3) is 0 Å². The third-order valence-corrected chi connectivity index (χ3v) is 3.71. The van der Waals surface area contributed by atoms with Gasteiger partial charge in [0.25, 0.3) is 0 Å². The smallest absolute Gasteiger partial charge is 0.0561 e. The molecule has 18 heavy (non-hydrogen) atoms. The molecule has 1 saturated heterocycles. The van der Waals surface area contributed by atoms with Crippen LogP contribution in [-0.4, -0.2) is 24.8 Å². The summed E-state index contributed by atoms with van der Waals surface area (Å²) in [7, 11) is 0. The van der Waals surface area contributed by atoms with Gasteiger partial charge in [-0.05, 0) is 45.1 Å². The molecule has 1 fully saturated rings. The lowest BCUT2D eigenvalue weighted by atomic mass is 10.0. The summed E-state index contributed by atoms with van der Waals surface area (Å²) in [5, 5.41) is 3.74. The Kier molecular flexibility index (Phi) is 5.21. The van der Waals surface area contributed by atoms with Crippen LogP contribution in [0.3, 0.4) is 0 Å². The molecule has 0 aliphatic carbocycles. The van der Waals surface area contributed by atoms with Crippen LogP contribution in [0.2, 0.25) is 0 Å². The SMILES string of the molecule is CC(CCc1ccccc1)NC1CCOC(C)C1. The minimum absolute atomic E-state index is 0.414. The molecule has 1 N–H and O–H groups in total. The number of hydrogen-bond acceptors (Lipinski definition) is 2. The third-order valence-electron chi connectivity index (χ3n) is 3.71. The highest BCUT2D eigenvalue weighted by molar-refractivity contribution is 5.14. The van der Waals surface area contributed by atoms with Crippen LogP contribution in [-0.2, 0) is 11.2 Å². The van der Waals surface area contributed by atoms with Crippen LogP contribution in [0.5, 0.6) is 0 Å². The summed E-state index contributed by atoms with van der Waals surface area (Å²) in [4.78, 5) is 0. The predicted molar refractivity (Wildman–Crippen MR) is 75.8 cm³/mol. The van der Waals surface area contributed by atoms with Crippen molar-refractivity contribution in [3.8, 4) is 0 Å². The fourth-order valence-electron chi connectivity index (χ4n) is 2.66. The fourth-order valence-corrected chi connectivity index (χ4v) is 2.66. The molecule has 0 radical (unpaired) electrons. The summed E-state index contributed by atoms with van der Waals surface area (Å²) in [6, 6.07) is 12.0. The molecule has 1 aliphatic rings. The summed E-state index contributed by atoms with van der Waals surface area (Å²) < 4.78 is 5.58. The van der Waals surface area contributed by atoms with Crippen molar-refractivity contribution >= 4 is 0 Å². The lowest BCUT2D eigenvalue weighted by Crippen LogP contribution is -2.42. The molecule has 2 heteroatoms. The highest BCUT2D eigenvalue weighted by Gasteiger charge is 2.20. The number of ether oxygens (including phenoxy) is 1. The van der Waals surface area contributed by atoms with Crippen molar-refractivity contribution in [3.63, 3.8) is 0 Å². The molecular weight excluding hydrogens is 222 g/mol. The maximum absolute atomic E-state index is 5.58. The standard InChI is InChI=1S/C16H25NO/c1-13(8-9-15-6-4-3-5-7-15)17-16-10-11-18-14(2)12-16/h3-7,13-14,16-17H,8-12H2,1-2H3. The molecule has 3 atom stereocenters. The van der Waals surface area contributed by atoms with Crippen molar-refractivity contribution < 1.29 is 4.74 Å². The van der Waals surface area contributed by atoms with Crippen LogP contribution in [0.1, 0.15) is 38.7 Å². The van der Waals surface area contributed by atoms with Crippen LogP contribution in [0.4, 0.5) is 0 Å². The van der Waals surface area contributed by atoms with Crippen molar-refractivity contribution in [3.05, 3.63) is 35.9 Å². The third kappa shape index (κ3) is 4.43. The largest absolute Gasteiger partial charge is 0.378 e. The number of nitrogens with one attached hydrogen (secondary N) is 1. The first-order chi connectivity index (χ1) is 8.74. The van der Waals surface area contributed by atoms with E-state index in [1.54, 1.807) is 0 Å². The van der Waals surface area contributed by atoms with E-state index in [0.717, 1.165) is 25.9 Å². The minimum Gasteiger partial charge on any atom is -0.378 e. The van der Waals surface area contributed by atoms with E-state index in [0.29, 0.717) is 18.2 Å². The first-order valence-corrected chi connectivity index (χ1v) is 7.15. The molecular formula is C16H25NO. The molecule has 1 aliphatic heterocycles. The topological polar surface area (TPSA) is 21.3 Å². The van der Waals surface area contributed by atoms with E-state index < -0.39 is 0 Å². The molecule has 2 nitrogen and oxygen atoms in total. The Balaban J connectivity index is 1.70. The molecule has 0 bridgehead atoms. The Morgan fingerprint density at radius 3 is 2.83 bits per heavy atom. The van der Waals surface area contributed by atoms with Gasteiger partial charge in [0.2, 0.25) is 0 Å². The highest BCUT2D eigenvalue weighted by atomic mass is 16.5. The maximum atomic E-state index is 5.58. The van der Waals surface area contributed by atoms with Crippen molar-refractivity contribution in [1.29, 1.82) is 0 Å². The Hall–Kier alpha value is -0.860. The van der Waals surface area contributed by atoms with Crippen LogP contribution >= 0.6 is 0 Å². The van der Waals surface area contributed by atoms with Gasteiger partial charge < -0.3 is 10.1 Å². The van der Waals surface area contributed by atoms with E-state index in [9.17, 15) is 0 Å².